The Kier molecular flexibility index (Phi) is 5.01. The monoisotopic (exact) mass is 249 g/mol. The number of amides is 1. The lowest BCUT2D eigenvalue weighted by Crippen LogP contribution is -2.35. The van der Waals surface area contributed by atoms with E-state index in [4.69, 9.17) is 10.8 Å². The van der Waals surface area contributed by atoms with Crippen LogP contribution in [0, 0.1) is 0 Å². The second kappa shape index (κ2) is 6.51. The minimum atomic E-state index is -1.07. The Balaban J connectivity index is 2.93. The van der Waals surface area contributed by atoms with Gasteiger partial charge in [0.05, 0.1) is 5.69 Å². The molecule has 0 bridgehead atoms. The van der Waals surface area contributed by atoms with Crippen LogP contribution in [0.1, 0.15) is 16.1 Å². The molecule has 1 rings (SSSR count). The first-order valence-electron chi connectivity index (χ1n) is 5.35. The highest BCUT2D eigenvalue weighted by molar-refractivity contribution is 5.95. The standard InChI is InChI=1S/C12H15N3O3/c1-2-5-15(8-11(16)17)12(18)9-3-4-14-10(6-9)7-13/h2-4,6H,1,5,7-8,13H2,(H,16,17). The number of nitrogens with two attached hydrogens (primary N) is 1. The zero-order chi connectivity index (χ0) is 13.5. The van der Waals surface area contributed by atoms with E-state index in [-0.39, 0.29) is 25.5 Å². The van der Waals surface area contributed by atoms with Gasteiger partial charge in [-0.25, -0.2) is 0 Å². The van der Waals surface area contributed by atoms with Gasteiger partial charge in [-0.05, 0) is 12.1 Å². The van der Waals surface area contributed by atoms with Crippen molar-refractivity contribution >= 4 is 11.9 Å². The molecule has 1 aromatic rings. The van der Waals surface area contributed by atoms with E-state index in [9.17, 15) is 9.59 Å². The Labute approximate surface area is 105 Å². The Morgan fingerprint density at radius 2 is 2.28 bits per heavy atom. The number of nitrogens with zero attached hydrogens (tertiary/aromatic N) is 2. The molecule has 0 unspecified atom stereocenters. The van der Waals surface area contributed by atoms with Gasteiger partial charge in [-0.15, -0.1) is 6.58 Å². The highest BCUT2D eigenvalue weighted by Crippen LogP contribution is 2.06. The molecule has 1 aromatic heterocycles. The van der Waals surface area contributed by atoms with Crippen LogP contribution in [0.5, 0.6) is 0 Å². The third-order valence-electron chi connectivity index (χ3n) is 2.24. The van der Waals surface area contributed by atoms with E-state index in [1.807, 2.05) is 0 Å². The maximum Gasteiger partial charge on any atom is 0.323 e. The summed E-state index contributed by atoms with van der Waals surface area (Å²) in [5.74, 6) is -1.45. The molecular weight excluding hydrogens is 234 g/mol. The molecule has 6 heteroatoms. The lowest BCUT2D eigenvalue weighted by molar-refractivity contribution is -0.137. The van der Waals surface area contributed by atoms with E-state index in [1.165, 1.54) is 23.2 Å². The summed E-state index contributed by atoms with van der Waals surface area (Å²) in [5, 5.41) is 8.75. The van der Waals surface area contributed by atoms with Crippen molar-refractivity contribution in [3.05, 3.63) is 42.2 Å². The van der Waals surface area contributed by atoms with Crippen molar-refractivity contribution in [2.24, 2.45) is 5.73 Å². The fourth-order valence-corrected chi connectivity index (χ4v) is 1.44. The summed E-state index contributed by atoms with van der Waals surface area (Å²) in [5.41, 5.74) is 6.38. The molecule has 0 radical (unpaired) electrons. The SMILES string of the molecule is C=CCN(CC(=O)O)C(=O)c1ccnc(CN)c1. The molecule has 0 saturated heterocycles. The third kappa shape index (κ3) is 3.67. The molecular formula is C12H15N3O3. The maximum absolute atomic E-state index is 12.1. The van der Waals surface area contributed by atoms with Crippen LogP contribution in [0.2, 0.25) is 0 Å². The third-order valence-corrected chi connectivity index (χ3v) is 2.24. The van der Waals surface area contributed by atoms with Crippen LogP contribution in [-0.4, -0.2) is 40.0 Å². The average molecular weight is 249 g/mol. The number of carbonyl (C=O) groups excluding carboxylic acids is 1. The van der Waals surface area contributed by atoms with Crippen LogP contribution in [-0.2, 0) is 11.3 Å². The Hall–Kier alpha value is -2.21. The van der Waals surface area contributed by atoms with Crippen molar-refractivity contribution in [1.82, 2.24) is 9.88 Å². The van der Waals surface area contributed by atoms with Crippen molar-refractivity contribution in [1.29, 1.82) is 0 Å². The highest BCUT2D eigenvalue weighted by Gasteiger charge is 2.17. The van der Waals surface area contributed by atoms with Crippen molar-refractivity contribution < 1.29 is 14.7 Å². The first-order valence-corrected chi connectivity index (χ1v) is 5.35. The van der Waals surface area contributed by atoms with Gasteiger partial charge >= 0.3 is 5.97 Å². The number of aromatic nitrogens is 1. The van der Waals surface area contributed by atoms with Crippen molar-refractivity contribution in [2.45, 2.75) is 6.54 Å². The molecule has 0 saturated carbocycles. The number of carboxylic acid groups (broad SMARTS) is 1. The number of pyridine rings is 1. The predicted molar refractivity (Wildman–Crippen MR) is 65.9 cm³/mol. The topological polar surface area (TPSA) is 96.5 Å². The Morgan fingerprint density at radius 1 is 1.56 bits per heavy atom. The van der Waals surface area contributed by atoms with Gasteiger partial charge in [-0.3, -0.25) is 14.6 Å². The normalized spacial score (nSPS) is 9.83. The molecule has 1 amide bonds. The van der Waals surface area contributed by atoms with Crippen molar-refractivity contribution in [3.8, 4) is 0 Å². The van der Waals surface area contributed by atoms with Crippen LogP contribution in [0.15, 0.2) is 31.0 Å². The van der Waals surface area contributed by atoms with E-state index < -0.39 is 5.97 Å². The van der Waals surface area contributed by atoms with Gasteiger partial charge in [-0.1, -0.05) is 6.08 Å². The number of hydrogen-bond donors (Lipinski definition) is 2. The van der Waals surface area contributed by atoms with Crippen LogP contribution in [0.25, 0.3) is 0 Å². The van der Waals surface area contributed by atoms with E-state index in [0.717, 1.165) is 0 Å². The van der Waals surface area contributed by atoms with Crippen molar-refractivity contribution in [2.75, 3.05) is 13.1 Å². The summed E-state index contributed by atoms with van der Waals surface area (Å²) in [7, 11) is 0. The van der Waals surface area contributed by atoms with Gasteiger partial charge in [0.1, 0.15) is 6.54 Å². The van der Waals surface area contributed by atoms with E-state index in [2.05, 4.69) is 11.6 Å². The molecule has 96 valence electrons. The molecule has 0 aromatic carbocycles. The summed E-state index contributed by atoms with van der Waals surface area (Å²) in [6.45, 7) is 3.52. The summed E-state index contributed by atoms with van der Waals surface area (Å²) in [4.78, 5) is 27.9. The van der Waals surface area contributed by atoms with E-state index in [1.54, 1.807) is 6.07 Å². The molecule has 0 aliphatic rings. The predicted octanol–water partition coefficient (Wildman–Crippen LogP) is 0.253. The molecule has 0 aliphatic heterocycles. The molecule has 1 heterocycles. The van der Waals surface area contributed by atoms with Gasteiger partial charge in [0.25, 0.3) is 5.91 Å². The van der Waals surface area contributed by atoms with E-state index in [0.29, 0.717) is 11.3 Å². The molecule has 0 fully saturated rings. The van der Waals surface area contributed by atoms with Crippen molar-refractivity contribution in [3.63, 3.8) is 0 Å². The fourth-order valence-electron chi connectivity index (χ4n) is 1.44. The van der Waals surface area contributed by atoms with Crippen LogP contribution in [0.3, 0.4) is 0 Å². The number of hydrogen-bond acceptors (Lipinski definition) is 4. The number of rotatable bonds is 6. The number of carbonyl (C=O) groups is 2. The second-order valence-corrected chi connectivity index (χ2v) is 3.61. The van der Waals surface area contributed by atoms with Gasteiger partial charge in [0.2, 0.25) is 0 Å². The largest absolute Gasteiger partial charge is 0.480 e. The summed E-state index contributed by atoms with van der Waals surface area (Å²) in [6, 6.07) is 3.08. The number of carboxylic acids is 1. The molecule has 18 heavy (non-hydrogen) atoms. The Morgan fingerprint density at radius 3 is 2.83 bits per heavy atom. The second-order valence-electron chi connectivity index (χ2n) is 3.61. The summed E-state index contributed by atoms with van der Waals surface area (Å²) < 4.78 is 0. The first-order chi connectivity index (χ1) is 8.58. The van der Waals surface area contributed by atoms with Gasteiger partial charge in [-0.2, -0.15) is 0 Å². The molecule has 3 N–H and O–H groups in total. The maximum atomic E-state index is 12.1. The zero-order valence-electron chi connectivity index (χ0n) is 9.87. The molecule has 0 aliphatic carbocycles. The zero-order valence-corrected chi connectivity index (χ0v) is 9.87. The molecule has 0 spiro atoms. The first kappa shape index (κ1) is 13.9. The van der Waals surface area contributed by atoms with Gasteiger partial charge < -0.3 is 15.7 Å². The minimum Gasteiger partial charge on any atom is -0.480 e. The lowest BCUT2D eigenvalue weighted by Gasteiger charge is -2.18. The number of aliphatic carboxylic acids is 1. The van der Waals surface area contributed by atoms with Crippen LogP contribution in [0.4, 0.5) is 0 Å². The van der Waals surface area contributed by atoms with Crippen LogP contribution < -0.4 is 5.73 Å². The van der Waals surface area contributed by atoms with Gasteiger partial charge in [0, 0.05) is 24.8 Å². The van der Waals surface area contributed by atoms with Crippen LogP contribution >= 0.6 is 0 Å². The fraction of sp³-hybridized carbons (Fsp3) is 0.250. The molecule has 6 nitrogen and oxygen atoms in total. The average Bonchev–Trinajstić information content (AvgIpc) is 2.37. The molecule has 0 atom stereocenters. The summed E-state index contributed by atoms with van der Waals surface area (Å²) >= 11 is 0. The Bertz CT molecular complexity index is 460. The summed E-state index contributed by atoms with van der Waals surface area (Å²) in [6.07, 6.45) is 2.95. The quantitative estimate of drug-likeness (QED) is 0.704. The van der Waals surface area contributed by atoms with Gasteiger partial charge in [0.15, 0.2) is 0 Å². The smallest absolute Gasteiger partial charge is 0.323 e. The minimum absolute atomic E-state index is 0.172. The lowest BCUT2D eigenvalue weighted by atomic mass is 10.2. The highest BCUT2D eigenvalue weighted by atomic mass is 16.4. The van der Waals surface area contributed by atoms with E-state index >= 15 is 0 Å².